The van der Waals surface area contributed by atoms with E-state index in [1.807, 2.05) is 0 Å². The number of benzene rings is 1. The number of hydrazine groups is 1. The predicted octanol–water partition coefficient (Wildman–Crippen LogP) is 2.65. The molecule has 0 saturated carbocycles. The van der Waals surface area contributed by atoms with Crippen molar-refractivity contribution in [2.75, 3.05) is 5.43 Å². The molecule has 0 bridgehead atoms. The van der Waals surface area contributed by atoms with Gasteiger partial charge in [-0.15, -0.1) is 0 Å². The molecule has 0 atom stereocenters. The molecule has 5 nitrogen and oxygen atoms in total. The van der Waals surface area contributed by atoms with Gasteiger partial charge in [0.15, 0.2) is 5.82 Å². The molecule has 18 heavy (non-hydrogen) atoms. The largest absolute Gasteiger partial charge is 0.487 e. The number of anilines is 1. The van der Waals surface area contributed by atoms with Crippen LogP contribution in [0, 0.1) is 0 Å². The maximum Gasteiger partial charge on any atom is 0.158 e. The zero-order valence-electron chi connectivity index (χ0n) is 9.23. The smallest absolute Gasteiger partial charge is 0.158 e. The Labute approximate surface area is 114 Å². The number of hydrogen-bond acceptors (Lipinski definition) is 5. The first-order valence-electron chi connectivity index (χ1n) is 5.04. The lowest BCUT2D eigenvalue weighted by Gasteiger charge is -2.06. The summed E-state index contributed by atoms with van der Waals surface area (Å²) in [5.74, 6) is 6.30. The van der Waals surface area contributed by atoms with E-state index in [4.69, 9.17) is 33.8 Å². The molecule has 0 aliphatic carbocycles. The van der Waals surface area contributed by atoms with Crippen molar-refractivity contribution < 1.29 is 4.74 Å². The second-order valence-corrected chi connectivity index (χ2v) is 4.22. The molecule has 1 aromatic heterocycles. The highest BCUT2D eigenvalue weighted by Crippen LogP contribution is 2.26. The monoisotopic (exact) mass is 284 g/mol. The Bertz CT molecular complexity index is 533. The van der Waals surface area contributed by atoms with Crippen LogP contribution < -0.4 is 16.0 Å². The number of halogens is 2. The van der Waals surface area contributed by atoms with Crippen LogP contribution in [0.5, 0.6) is 5.75 Å². The summed E-state index contributed by atoms with van der Waals surface area (Å²) in [5, 5.41) is 0.935. The minimum absolute atomic E-state index is 0.288. The van der Waals surface area contributed by atoms with Crippen molar-refractivity contribution in [2.45, 2.75) is 6.61 Å². The topological polar surface area (TPSA) is 73.1 Å². The summed E-state index contributed by atoms with van der Waals surface area (Å²) >= 11 is 11.7. The third kappa shape index (κ3) is 3.22. The number of nitrogens with zero attached hydrogens (tertiary/aromatic N) is 2. The lowest BCUT2D eigenvalue weighted by molar-refractivity contribution is 0.301. The van der Waals surface area contributed by atoms with E-state index in [1.165, 1.54) is 6.20 Å². The SMILES string of the molecule is NNc1cnc(COc2ccc(Cl)c(Cl)c2)cn1. The first-order chi connectivity index (χ1) is 8.69. The van der Waals surface area contributed by atoms with Crippen LogP contribution in [0.1, 0.15) is 5.69 Å². The number of rotatable bonds is 4. The highest BCUT2D eigenvalue weighted by molar-refractivity contribution is 6.42. The summed E-state index contributed by atoms with van der Waals surface area (Å²) in [6.07, 6.45) is 3.10. The van der Waals surface area contributed by atoms with E-state index < -0.39 is 0 Å². The average Bonchev–Trinajstić information content (AvgIpc) is 2.41. The molecular formula is C11H10Cl2N4O. The van der Waals surface area contributed by atoms with Crippen molar-refractivity contribution in [3.63, 3.8) is 0 Å². The van der Waals surface area contributed by atoms with Gasteiger partial charge in [-0.05, 0) is 12.1 Å². The molecular weight excluding hydrogens is 275 g/mol. The van der Waals surface area contributed by atoms with Gasteiger partial charge in [-0.25, -0.2) is 10.8 Å². The van der Waals surface area contributed by atoms with E-state index in [-0.39, 0.29) is 6.61 Å². The highest BCUT2D eigenvalue weighted by atomic mass is 35.5. The molecule has 0 aliphatic rings. The van der Waals surface area contributed by atoms with Gasteiger partial charge in [0.2, 0.25) is 0 Å². The van der Waals surface area contributed by atoms with Crippen molar-refractivity contribution in [3.8, 4) is 5.75 Å². The second kappa shape index (κ2) is 5.86. The Morgan fingerprint density at radius 1 is 1.17 bits per heavy atom. The zero-order chi connectivity index (χ0) is 13.0. The molecule has 0 fully saturated rings. The Kier molecular flexibility index (Phi) is 4.19. The van der Waals surface area contributed by atoms with Gasteiger partial charge in [-0.3, -0.25) is 4.98 Å². The molecule has 0 aliphatic heterocycles. The predicted molar refractivity (Wildman–Crippen MR) is 70.6 cm³/mol. The van der Waals surface area contributed by atoms with Crippen LogP contribution in [0.3, 0.4) is 0 Å². The molecule has 3 N–H and O–H groups in total. The van der Waals surface area contributed by atoms with Crippen molar-refractivity contribution in [2.24, 2.45) is 5.84 Å². The van der Waals surface area contributed by atoms with E-state index >= 15 is 0 Å². The molecule has 94 valence electrons. The molecule has 1 aromatic carbocycles. The van der Waals surface area contributed by atoms with Crippen molar-refractivity contribution in [3.05, 3.63) is 46.3 Å². The van der Waals surface area contributed by atoms with Gasteiger partial charge in [0, 0.05) is 6.07 Å². The number of hydrogen-bond donors (Lipinski definition) is 2. The number of nitrogen functional groups attached to an aromatic ring is 1. The van der Waals surface area contributed by atoms with Gasteiger partial charge in [0.1, 0.15) is 12.4 Å². The lowest BCUT2D eigenvalue weighted by atomic mass is 10.3. The third-order valence-corrected chi connectivity index (χ3v) is 2.87. The Hall–Kier alpha value is -1.56. The van der Waals surface area contributed by atoms with Crippen LogP contribution in [0.4, 0.5) is 5.82 Å². The van der Waals surface area contributed by atoms with Crippen LogP contribution in [0.15, 0.2) is 30.6 Å². The van der Waals surface area contributed by atoms with Crippen LogP contribution >= 0.6 is 23.2 Å². The normalized spacial score (nSPS) is 10.2. The van der Waals surface area contributed by atoms with E-state index in [1.54, 1.807) is 24.4 Å². The molecule has 0 unspecified atom stereocenters. The van der Waals surface area contributed by atoms with Gasteiger partial charge < -0.3 is 10.2 Å². The summed E-state index contributed by atoms with van der Waals surface area (Å²) in [6.45, 7) is 0.288. The van der Waals surface area contributed by atoms with E-state index in [0.29, 0.717) is 27.3 Å². The molecule has 0 spiro atoms. The Morgan fingerprint density at radius 3 is 2.61 bits per heavy atom. The summed E-state index contributed by atoms with van der Waals surface area (Å²) < 4.78 is 5.50. The minimum Gasteiger partial charge on any atom is -0.487 e. The molecule has 2 aromatic rings. The fourth-order valence-corrected chi connectivity index (χ4v) is 1.52. The van der Waals surface area contributed by atoms with Crippen LogP contribution in [0.25, 0.3) is 0 Å². The average molecular weight is 285 g/mol. The standard InChI is InChI=1S/C11H10Cl2N4O/c12-9-2-1-8(3-10(9)13)18-6-7-4-16-11(17-14)5-15-7/h1-5H,6,14H2,(H,16,17). The van der Waals surface area contributed by atoms with E-state index in [0.717, 1.165) is 0 Å². The third-order valence-electron chi connectivity index (χ3n) is 2.13. The van der Waals surface area contributed by atoms with Crippen molar-refractivity contribution in [1.82, 2.24) is 9.97 Å². The fourth-order valence-electron chi connectivity index (χ4n) is 1.23. The van der Waals surface area contributed by atoms with Crippen LogP contribution in [-0.4, -0.2) is 9.97 Å². The number of aromatic nitrogens is 2. The molecule has 2 rings (SSSR count). The number of ether oxygens (including phenoxy) is 1. The fraction of sp³-hybridized carbons (Fsp3) is 0.0909. The second-order valence-electron chi connectivity index (χ2n) is 3.40. The van der Waals surface area contributed by atoms with Gasteiger partial charge >= 0.3 is 0 Å². The maximum atomic E-state index is 5.87. The van der Waals surface area contributed by atoms with Gasteiger partial charge in [0.05, 0.1) is 28.1 Å². The summed E-state index contributed by atoms with van der Waals surface area (Å²) in [7, 11) is 0. The summed E-state index contributed by atoms with van der Waals surface area (Å²) in [6, 6.07) is 5.05. The lowest BCUT2D eigenvalue weighted by Crippen LogP contribution is -2.09. The Morgan fingerprint density at radius 2 is 2.00 bits per heavy atom. The Balaban J connectivity index is 1.99. The molecule has 7 heteroatoms. The number of nitrogens with one attached hydrogen (secondary N) is 1. The van der Waals surface area contributed by atoms with Crippen LogP contribution in [-0.2, 0) is 6.61 Å². The molecule has 0 amide bonds. The summed E-state index contributed by atoms with van der Waals surface area (Å²) in [5.41, 5.74) is 3.08. The molecule has 0 radical (unpaired) electrons. The zero-order valence-corrected chi connectivity index (χ0v) is 10.7. The van der Waals surface area contributed by atoms with Gasteiger partial charge in [0.25, 0.3) is 0 Å². The quantitative estimate of drug-likeness (QED) is 0.667. The van der Waals surface area contributed by atoms with Crippen molar-refractivity contribution in [1.29, 1.82) is 0 Å². The van der Waals surface area contributed by atoms with E-state index in [9.17, 15) is 0 Å². The number of nitrogens with two attached hydrogens (primary N) is 1. The first-order valence-corrected chi connectivity index (χ1v) is 5.80. The van der Waals surface area contributed by atoms with Crippen LogP contribution in [0.2, 0.25) is 10.0 Å². The molecule has 0 saturated heterocycles. The maximum absolute atomic E-state index is 5.87. The first kappa shape index (κ1) is 12.9. The highest BCUT2D eigenvalue weighted by Gasteiger charge is 2.02. The minimum atomic E-state index is 0.288. The van der Waals surface area contributed by atoms with E-state index in [2.05, 4.69) is 15.4 Å². The van der Waals surface area contributed by atoms with Crippen molar-refractivity contribution >= 4 is 29.0 Å². The van der Waals surface area contributed by atoms with Gasteiger partial charge in [-0.1, -0.05) is 23.2 Å². The molecule has 1 heterocycles. The van der Waals surface area contributed by atoms with Gasteiger partial charge in [-0.2, -0.15) is 0 Å². The summed E-state index contributed by atoms with van der Waals surface area (Å²) in [4.78, 5) is 8.13.